The minimum Gasteiger partial charge on any atom is -0.299 e. The van der Waals surface area contributed by atoms with Gasteiger partial charge in [-0.15, -0.1) is 0 Å². The maximum Gasteiger partial charge on any atom is 0.142 e. The van der Waals surface area contributed by atoms with Gasteiger partial charge in [-0.2, -0.15) is 0 Å². The number of hydrogen-bond donors (Lipinski definition) is 0. The lowest BCUT2D eigenvalue weighted by Gasteiger charge is -1.63. The van der Waals surface area contributed by atoms with Crippen molar-refractivity contribution < 1.29 is 4.79 Å². The molecule has 0 bridgehead atoms. The zero-order valence-corrected chi connectivity index (χ0v) is 5.38. The average Bonchev–Trinajstić information content (AvgIpc) is 1.61. The van der Waals surface area contributed by atoms with Crippen molar-refractivity contribution in [3.63, 3.8) is 0 Å². The standard InChI is InChI=1S/C4H5IO/c5-3-1-2-4-6/h1-2,4H,3H2. The smallest absolute Gasteiger partial charge is 0.142 e. The lowest BCUT2D eigenvalue weighted by Crippen LogP contribution is -1.58. The molecule has 6 heavy (non-hydrogen) atoms. The predicted octanol–water partition coefficient (Wildman–Crippen LogP) is 1.18. The Hall–Kier alpha value is 0.140. The first-order chi connectivity index (χ1) is 2.91. The van der Waals surface area contributed by atoms with Crippen molar-refractivity contribution in [3.8, 4) is 0 Å². The number of allylic oxidation sites excluding steroid dienone is 2. The van der Waals surface area contributed by atoms with Crippen molar-refractivity contribution in [1.29, 1.82) is 0 Å². The number of aldehydes is 1. The lowest BCUT2D eigenvalue weighted by atomic mass is 10.6. The zero-order valence-electron chi connectivity index (χ0n) is 3.23. The van der Waals surface area contributed by atoms with E-state index in [0.717, 1.165) is 10.7 Å². The molecule has 2 heteroatoms. The van der Waals surface area contributed by atoms with Gasteiger partial charge in [0.25, 0.3) is 0 Å². The topological polar surface area (TPSA) is 17.1 Å². The zero-order chi connectivity index (χ0) is 4.83. The average molecular weight is 196 g/mol. The fraction of sp³-hybridized carbons (Fsp3) is 0.250. The van der Waals surface area contributed by atoms with E-state index in [4.69, 9.17) is 0 Å². The van der Waals surface area contributed by atoms with Crippen LogP contribution in [0.15, 0.2) is 12.2 Å². The Kier molecular flexibility index (Phi) is 5.26. The molecule has 0 atom stereocenters. The summed E-state index contributed by atoms with van der Waals surface area (Å²) in [4.78, 5) is 9.47. The van der Waals surface area contributed by atoms with Crippen LogP contribution in [0.3, 0.4) is 0 Å². The molecule has 0 saturated carbocycles. The van der Waals surface area contributed by atoms with Crippen molar-refractivity contribution in [1.82, 2.24) is 0 Å². The van der Waals surface area contributed by atoms with Crippen molar-refractivity contribution in [2.75, 3.05) is 4.43 Å². The van der Waals surface area contributed by atoms with Gasteiger partial charge < -0.3 is 0 Å². The molecule has 1 nitrogen and oxygen atoms in total. The summed E-state index contributed by atoms with van der Waals surface area (Å²) in [5.41, 5.74) is 0. The minimum absolute atomic E-state index is 0.776. The summed E-state index contributed by atoms with van der Waals surface area (Å²) in [5, 5.41) is 0. The van der Waals surface area contributed by atoms with Gasteiger partial charge in [-0.3, -0.25) is 4.79 Å². The maximum absolute atomic E-state index is 9.47. The van der Waals surface area contributed by atoms with Gasteiger partial charge in [0.1, 0.15) is 6.29 Å². The first-order valence-corrected chi connectivity index (χ1v) is 3.10. The molecule has 0 aliphatic rings. The van der Waals surface area contributed by atoms with Crippen LogP contribution < -0.4 is 0 Å². The summed E-state index contributed by atoms with van der Waals surface area (Å²) in [7, 11) is 0. The van der Waals surface area contributed by atoms with Crippen LogP contribution >= 0.6 is 22.6 Å². The summed E-state index contributed by atoms with van der Waals surface area (Å²) < 4.78 is 0.913. The van der Waals surface area contributed by atoms with Crippen LogP contribution in [0.25, 0.3) is 0 Å². The highest BCUT2D eigenvalue weighted by atomic mass is 127. The Labute approximate surface area is 50.6 Å². The van der Waals surface area contributed by atoms with E-state index < -0.39 is 0 Å². The number of rotatable bonds is 2. The molecule has 0 aromatic rings. The Balaban J connectivity index is 2.94. The molecule has 0 aromatic carbocycles. The molecule has 0 unspecified atom stereocenters. The van der Waals surface area contributed by atoms with Crippen molar-refractivity contribution in [2.45, 2.75) is 0 Å². The van der Waals surface area contributed by atoms with Crippen LogP contribution in [-0.4, -0.2) is 10.7 Å². The monoisotopic (exact) mass is 196 g/mol. The fourth-order valence-electron chi connectivity index (χ4n) is 0.107. The molecule has 0 N–H and O–H groups in total. The third-order valence-corrected chi connectivity index (χ3v) is 0.812. The largest absolute Gasteiger partial charge is 0.299 e. The van der Waals surface area contributed by atoms with E-state index in [2.05, 4.69) is 22.6 Å². The molecule has 0 saturated heterocycles. The molecule has 0 heterocycles. The molecule has 0 aliphatic carbocycles. The van der Waals surface area contributed by atoms with Crippen LogP contribution in [0.4, 0.5) is 0 Å². The van der Waals surface area contributed by atoms with Gasteiger partial charge in [0, 0.05) is 4.43 Å². The molecular weight excluding hydrogens is 191 g/mol. The lowest BCUT2D eigenvalue weighted by molar-refractivity contribution is -0.104. The molecule has 0 fully saturated rings. The van der Waals surface area contributed by atoms with E-state index in [0.29, 0.717) is 0 Å². The Morgan fingerprint density at radius 3 is 2.50 bits per heavy atom. The molecule has 34 valence electrons. The predicted molar refractivity (Wildman–Crippen MR) is 34.1 cm³/mol. The van der Waals surface area contributed by atoms with Crippen LogP contribution in [0.1, 0.15) is 0 Å². The highest BCUT2D eigenvalue weighted by Crippen LogP contribution is 1.78. The van der Waals surface area contributed by atoms with Gasteiger partial charge in [0.05, 0.1) is 0 Å². The highest BCUT2D eigenvalue weighted by molar-refractivity contribution is 14.1. The summed E-state index contributed by atoms with van der Waals surface area (Å²) in [6.45, 7) is 0. The second kappa shape index (κ2) is 5.14. The van der Waals surface area contributed by atoms with E-state index in [-0.39, 0.29) is 0 Å². The highest BCUT2D eigenvalue weighted by Gasteiger charge is 1.60. The van der Waals surface area contributed by atoms with Crippen molar-refractivity contribution in [2.24, 2.45) is 0 Å². The molecule has 0 spiro atoms. The maximum atomic E-state index is 9.47. The first kappa shape index (κ1) is 6.14. The fourth-order valence-corrected chi connectivity index (χ4v) is 0.401. The first-order valence-electron chi connectivity index (χ1n) is 1.58. The molecule has 0 radical (unpaired) electrons. The molecule has 0 aliphatic heterocycles. The van der Waals surface area contributed by atoms with Crippen molar-refractivity contribution in [3.05, 3.63) is 12.2 Å². The summed E-state index contributed by atoms with van der Waals surface area (Å²) in [6.07, 6.45) is 4.07. The van der Waals surface area contributed by atoms with E-state index in [9.17, 15) is 4.79 Å². The summed E-state index contributed by atoms with van der Waals surface area (Å²) >= 11 is 2.17. The van der Waals surface area contributed by atoms with Gasteiger partial charge >= 0.3 is 0 Å². The molecule has 0 aromatic heterocycles. The molecular formula is C4H5IO. The van der Waals surface area contributed by atoms with Gasteiger partial charge in [-0.05, 0) is 6.08 Å². The second-order valence-electron chi connectivity index (χ2n) is 0.719. The summed E-state index contributed by atoms with van der Waals surface area (Å²) in [6, 6.07) is 0. The van der Waals surface area contributed by atoms with Crippen LogP contribution in [0.5, 0.6) is 0 Å². The normalized spacial score (nSPS) is 9.50. The van der Waals surface area contributed by atoms with E-state index >= 15 is 0 Å². The number of alkyl halides is 1. The third kappa shape index (κ3) is 4.14. The number of carbonyl (C=O) groups excluding carboxylic acids is 1. The Bertz CT molecular complexity index is 58.6. The van der Waals surface area contributed by atoms with Gasteiger partial charge in [0.2, 0.25) is 0 Å². The summed E-state index contributed by atoms with van der Waals surface area (Å²) in [5.74, 6) is 0. The van der Waals surface area contributed by atoms with Crippen molar-refractivity contribution >= 4 is 28.9 Å². The van der Waals surface area contributed by atoms with Crippen LogP contribution in [0, 0.1) is 0 Å². The quantitative estimate of drug-likeness (QED) is 0.280. The second-order valence-corrected chi connectivity index (χ2v) is 1.60. The Morgan fingerprint density at radius 2 is 2.33 bits per heavy atom. The van der Waals surface area contributed by atoms with E-state index in [1.54, 1.807) is 6.08 Å². The SMILES string of the molecule is O=CC=CCI. The van der Waals surface area contributed by atoms with Gasteiger partial charge in [-0.25, -0.2) is 0 Å². The number of halogens is 1. The molecule has 0 rings (SSSR count). The van der Waals surface area contributed by atoms with E-state index in [1.807, 2.05) is 0 Å². The molecule has 0 amide bonds. The number of carbonyl (C=O) groups is 1. The van der Waals surface area contributed by atoms with Crippen LogP contribution in [-0.2, 0) is 4.79 Å². The van der Waals surface area contributed by atoms with Crippen LogP contribution in [0.2, 0.25) is 0 Å². The van der Waals surface area contributed by atoms with Gasteiger partial charge in [-0.1, -0.05) is 28.7 Å². The Morgan fingerprint density at radius 1 is 1.67 bits per heavy atom. The van der Waals surface area contributed by atoms with Gasteiger partial charge in [0.15, 0.2) is 0 Å². The minimum atomic E-state index is 0.776. The third-order valence-electron chi connectivity index (χ3n) is 0.304. The number of hydrogen-bond acceptors (Lipinski definition) is 1. The van der Waals surface area contributed by atoms with E-state index in [1.165, 1.54) is 6.08 Å².